The van der Waals surface area contributed by atoms with Crippen LogP contribution in [0, 0.1) is 11.6 Å². The molecule has 0 saturated heterocycles. The maximum atomic E-state index is 14.2. The Kier molecular flexibility index (Phi) is 5.64. The summed E-state index contributed by atoms with van der Waals surface area (Å²) in [6, 6.07) is 14.9. The van der Waals surface area contributed by atoms with Gasteiger partial charge in [-0.3, -0.25) is 4.79 Å². The minimum Gasteiger partial charge on any atom is -0.473 e. The van der Waals surface area contributed by atoms with Crippen molar-refractivity contribution in [2.75, 3.05) is 5.32 Å². The maximum Gasteiger partial charge on any atom is 0.422 e. The van der Waals surface area contributed by atoms with E-state index in [0.717, 1.165) is 6.07 Å². The van der Waals surface area contributed by atoms with E-state index in [1.165, 1.54) is 54.6 Å². The Bertz CT molecular complexity index is 1110. The fourth-order valence-electron chi connectivity index (χ4n) is 2.53. The SMILES string of the molecule is O=C(O)C(=O)Oc1cccc(NC(=O)c2cc(-c3cccc(F)c3)ccc2F)c1. The summed E-state index contributed by atoms with van der Waals surface area (Å²) < 4.78 is 32.2. The Labute approximate surface area is 163 Å². The molecule has 0 heterocycles. The van der Waals surface area contributed by atoms with Gasteiger partial charge in [-0.15, -0.1) is 0 Å². The molecule has 3 rings (SSSR count). The Balaban J connectivity index is 1.83. The van der Waals surface area contributed by atoms with Gasteiger partial charge in [0, 0.05) is 11.8 Å². The van der Waals surface area contributed by atoms with Crippen LogP contribution < -0.4 is 10.1 Å². The molecule has 3 aromatic rings. The van der Waals surface area contributed by atoms with Crippen LogP contribution in [-0.4, -0.2) is 23.0 Å². The number of halogens is 2. The molecule has 0 radical (unpaired) electrons. The summed E-state index contributed by atoms with van der Waals surface area (Å²) in [5.41, 5.74) is 0.794. The Morgan fingerprint density at radius 1 is 0.862 bits per heavy atom. The lowest BCUT2D eigenvalue weighted by Crippen LogP contribution is -2.19. The number of hydrogen-bond acceptors (Lipinski definition) is 4. The Hall–Kier alpha value is -4.07. The van der Waals surface area contributed by atoms with Crippen molar-refractivity contribution < 1.29 is 33.0 Å². The van der Waals surface area contributed by atoms with Gasteiger partial charge in [-0.25, -0.2) is 18.4 Å². The molecule has 0 aliphatic heterocycles. The van der Waals surface area contributed by atoms with Gasteiger partial charge in [0.2, 0.25) is 0 Å². The second kappa shape index (κ2) is 8.30. The van der Waals surface area contributed by atoms with Gasteiger partial charge in [0.25, 0.3) is 5.91 Å². The van der Waals surface area contributed by atoms with Crippen LogP contribution in [0.4, 0.5) is 14.5 Å². The summed E-state index contributed by atoms with van der Waals surface area (Å²) in [7, 11) is 0. The second-order valence-electron chi connectivity index (χ2n) is 5.88. The third-order valence-electron chi connectivity index (χ3n) is 3.85. The molecule has 0 aromatic heterocycles. The first-order chi connectivity index (χ1) is 13.8. The summed E-state index contributed by atoms with van der Waals surface area (Å²) >= 11 is 0. The van der Waals surface area contributed by atoms with Gasteiger partial charge >= 0.3 is 11.9 Å². The maximum absolute atomic E-state index is 14.2. The zero-order valence-electron chi connectivity index (χ0n) is 14.7. The van der Waals surface area contributed by atoms with Crippen LogP contribution >= 0.6 is 0 Å². The highest BCUT2D eigenvalue weighted by Gasteiger charge is 2.16. The molecule has 0 aliphatic rings. The molecule has 6 nitrogen and oxygen atoms in total. The zero-order valence-corrected chi connectivity index (χ0v) is 14.7. The van der Waals surface area contributed by atoms with E-state index >= 15 is 0 Å². The monoisotopic (exact) mass is 397 g/mol. The van der Waals surface area contributed by atoms with Crippen molar-refractivity contribution in [3.05, 3.63) is 83.9 Å². The lowest BCUT2D eigenvalue weighted by Gasteiger charge is -2.10. The van der Waals surface area contributed by atoms with Crippen molar-refractivity contribution in [3.8, 4) is 16.9 Å². The molecule has 0 aliphatic carbocycles. The molecule has 0 bridgehead atoms. The quantitative estimate of drug-likeness (QED) is 0.396. The lowest BCUT2D eigenvalue weighted by molar-refractivity contribution is -0.158. The van der Waals surface area contributed by atoms with Gasteiger partial charge in [-0.1, -0.05) is 24.3 Å². The van der Waals surface area contributed by atoms with Crippen LogP contribution in [0.2, 0.25) is 0 Å². The van der Waals surface area contributed by atoms with Crippen LogP contribution in [0.1, 0.15) is 10.4 Å². The Morgan fingerprint density at radius 2 is 1.59 bits per heavy atom. The summed E-state index contributed by atoms with van der Waals surface area (Å²) in [4.78, 5) is 34.2. The number of carbonyl (C=O) groups excluding carboxylic acids is 2. The van der Waals surface area contributed by atoms with Crippen molar-refractivity contribution in [2.45, 2.75) is 0 Å². The highest BCUT2D eigenvalue weighted by molar-refractivity contribution is 6.29. The van der Waals surface area contributed by atoms with E-state index in [9.17, 15) is 23.2 Å². The number of anilines is 1. The normalized spacial score (nSPS) is 10.3. The van der Waals surface area contributed by atoms with E-state index in [0.29, 0.717) is 11.1 Å². The number of carboxylic acids is 1. The van der Waals surface area contributed by atoms with E-state index < -0.39 is 29.5 Å². The first-order valence-corrected chi connectivity index (χ1v) is 8.25. The average Bonchev–Trinajstić information content (AvgIpc) is 2.68. The standard InChI is InChI=1S/C21H13F2NO5/c22-14-4-1-3-12(9-14)13-7-8-18(23)17(10-13)19(25)24-15-5-2-6-16(11-15)29-21(28)20(26)27/h1-11H,(H,24,25)(H,26,27). The van der Waals surface area contributed by atoms with E-state index in [-0.39, 0.29) is 17.0 Å². The molecule has 8 heteroatoms. The van der Waals surface area contributed by atoms with Crippen LogP contribution in [0.15, 0.2) is 66.7 Å². The number of esters is 1. The third-order valence-corrected chi connectivity index (χ3v) is 3.85. The van der Waals surface area contributed by atoms with Gasteiger partial charge in [0.05, 0.1) is 5.56 Å². The lowest BCUT2D eigenvalue weighted by atomic mass is 10.0. The Morgan fingerprint density at radius 3 is 2.31 bits per heavy atom. The molecule has 3 aromatic carbocycles. The van der Waals surface area contributed by atoms with Crippen molar-refractivity contribution in [1.82, 2.24) is 0 Å². The molecular formula is C21H13F2NO5. The fraction of sp³-hybridized carbons (Fsp3) is 0. The minimum absolute atomic E-state index is 0.107. The van der Waals surface area contributed by atoms with E-state index in [1.54, 1.807) is 6.07 Å². The van der Waals surface area contributed by atoms with Crippen molar-refractivity contribution in [1.29, 1.82) is 0 Å². The fourth-order valence-corrected chi connectivity index (χ4v) is 2.53. The number of aliphatic carboxylic acids is 1. The average molecular weight is 397 g/mol. The van der Waals surface area contributed by atoms with Gasteiger partial charge in [-0.2, -0.15) is 0 Å². The van der Waals surface area contributed by atoms with Crippen LogP contribution in [-0.2, 0) is 9.59 Å². The minimum atomic E-state index is -1.77. The molecular weight excluding hydrogens is 384 g/mol. The van der Waals surface area contributed by atoms with Crippen molar-refractivity contribution in [2.24, 2.45) is 0 Å². The number of ether oxygens (including phenoxy) is 1. The summed E-state index contributed by atoms with van der Waals surface area (Å²) in [5, 5.41) is 11.0. The highest BCUT2D eigenvalue weighted by Crippen LogP contribution is 2.24. The first-order valence-electron chi connectivity index (χ1n) is 8.25. The molecule has 0 atom stereocenters. The zero-order chi connectivity index (χ0) is 21.0. The largest absolute Gasteiger partial charge is 0.473 e. The third kappa shape index (κ3) is 4.81. The number of benzene rings is 3. The molecule has 2 N–H and O–H groups in total. The van der Waals surface area contributed by atoms with E-state index in [4.69, 9.17) is 5.11 Å². The van der Waals surface area contributed by atoms with E-state index in [2.05, 4.69) is 10.1 Å². The predicted molar refractivity (Wildman–Crippen MR) is 99.5 cm³/mol. The smallest absolute Gasteiger partial charge is 0.422 e. The number of carboxylic acid groups (broad SMARTS) is 1. The molecule has 1 amide bonds. The summed E-state index contributed by atoms with van der Waals surface area (Å²) in [6.45, 7) is 0. The highest BCUT2D eigenvalue weighted by atomic mass is 19.1. The molecule has 0 unspecified atom stereocenters. The van der Waals surface area contributed by atoms with Crippen LogP contribution in [0.5, 0.6) is 5.75 Å². The van der Waals surface area contributed by atoms with Crippen LogP contribution in [0.3, 0.4) is 0 Å². The molecule has 29 heavy (non-hydrogen) atoms. The van der Waals surface area contributed by atoms with E-state index in [1.807, 2.05) is 0 Å². The molecule has 0 fully saturated rings. The van der Waals surface area contributed by atoms with Crippen LogP contribution in [0.25, 0.3) is 11.1 Å². The summed E-state index contributed by atoms with van der Waals surface area (Å²) in [5.74, 6) is -5.40. The topological polar surface area (TPSA) is 92.7 Å². The van der Waals surface area contributed by atoms with Crippen molar-refractivity contribution >= 4 is 23.5 Å². The number of carbonyl (C=O) groups is 3. The molecule has 146 valence electrons. The predicted octanol–water partition coefficient (Wildman–Crippen LogP) is 3.87. The summed E-state index contributed by atoms with van der Waals surface area (Å²) in [6.07, 6.45) is 0. The van der Waals surface area contributed by atoms with Crippen molar-refractivity contribution in [3.63, 3.8) is 0 Å². The number of amides is 1. The number of nitrogens with one attached hydrogen (secondary N) is 1. The molecule has 0 saturated carbocycles. The number of hydrogen-bond donors (Lipinski definition) is 2. The second-order valence-corrected chi connectivity index (χ2v) is 5.88. The van der Waals surface area contributed by atoms with Gasteiger partial charge in [-0.05, 0) is 47.5 Å². The number of rotatable bonds is 4. The first kappa shape index (κ1) is 19.7. The van der Waals surface area contributed by atoms with Gasteiger partial charge in [0.1, 0.15) is 17.4 Å². The van der Waals surface area contributed by atoms with Gasteiger partial charge in [0.15, 0.2) is 0 Å². The van der Waals surface area contributed by atoms with Gasteiger partial charge < -0.3 is 15.2 Å². The molecule has 0 spiro atoms.